The van der Waals surface area contributed by atoms with E-state index in [1.54, 1.807) is 25.1 Å². The first-order chi connectivity index (χ1) is 6.16. The number of nitriles is 1. The molecule has 4 nitrogen and oxygen atoms in total. The lowest BCUT2D eigenvalue weighted by Crippen LogP contribution is -2.99. The second-order valence-electron chi connectivity index (χ2n) is 2.74. The van der Waals surface area contributed by atoms with Gasteiger partial charge in [0.2, 0.25) is 0 Å². The zero-order valence-electron chi connectivity index (χ0n) is 7.19. The van der Waals surface area contributed by atoms with Crippen LogP contribution in [0.15, 0.2) is 24.3 Å². The first kappa shape index (κ1) is 9.68. The fourth-order valence-electron chi connectivity index (χ4n) is 1.14. The molecule has 4 heteroatoms. The molecule has 1 rings (SSSR count). The molecule has 0 saturated heterocycles. The van der Waals surface area contributed by atoms with Crippen molar-refractivity contribution < 1.29 is 10.4 Å². The zero-order chi connectivity index (χ0) is 9.84. The topological polar surface area (TPSA) is 71.5 Å². The van der Waals surface area contributed by atoms with Crippen LogP contribution in [0, 0.1) is 16.5 Å². The predicted octanol–water partition coefficient (Wildman–Crippen LogP) is 0.717. The third kappa shape index (κ3) is 2.04. The molecule has 0 aliphatic rings. The van der Waals surface area contributed by atoms with Crippen molar-refractivity contribution in [2.24, 2.45) is 0 Å². The highest BCUT2D eigenvalue weighted by Crippen LogP contribution is 2.20. The molecule has 2 N–H and O–H groups in total. The van der Waals surface area contributed by atoms with Gasteiger partial charge in [-0.05, 0) is 6.92 Å². The minimum Gasteiger partial charge on any atom is -0.595 e. The maximum absolute atomic E-state index is 10.7. The zero-order valence-corrected chi connectivity index (χ0v) is 7.19. The summed E-state index contributed by atoms with van der Waals surface area (Å²) in [4.78, 5) is 0. The Morgan fingerprint density at radius 3 is 2.69 bits per heavy atom. The Kier molecular flexibility index (Phi) is 2.98. The van der Waals surface area contributed by atoms with E-state index in [1.807, 2.05) is 6.07 Å². The largest absolute Gasteiger partial charge is 0.595 e. The van der Waals surface area contributed by atoms with Crippen molar-refractivity contribution in [3.63, 3.8) is 0 Å². The van der Waals surface area contributed by atoms with E-state index in [9.17, 15) is 5.21 Å². The van der Waals surface area contributed by atoms with Gasteiger partial charge in [-0.15, -0.1) is 0 Å². The SMILES string of the molecule is C[C@@H](C#N)c1ccccc1[NH+]([O-])O. The number of hydrogen-bond acceptors (Lipinski definition) is 3. The molecule has 0 saturated carbocycles. The molecule has 0 bridgehead atoms. The second-order valence-corrected chi connectivity index (χ2v) is 2.74. The van der Waals surface area contributed by atoms with Crippen molar-refractivity contribution in [3.05, 3.63) is 35.0 Å². The summed E-state index contributed by atoms with van der Waals surface area (Å²) in [6.07, 6.45) is 0. The molecule has 0 aromatic heterocycles. The van der Waals surface area contributed by atoms with Crippen LogP contribution in [-0.4, -0.2) is 5.21 Å². The third-order valence-electron chi connectivity index (χ3n) is 1.85. The van der Waals surface area contributed by atoms with Crippen LogP contribution in [0.4, 0.5) is 5.69 Å². The molecule has 0 aliphatic carbocycles. The van der Waals surface area contributed by atoms with Gasteiger partial charge < -0.3 is 5.21 Å². The number of rotatable bonds is 2. The fraction of sp³-hybridized carbons (Fsp3) is 0.222. The summed E-state index contributed by atoms with van der Waals surface area (Å²) < 4.78 is 0. The Morgan fingerprint density at radius 1 is 1.54 bits per heavy atom. The molecule has 2 atom stereocenters. The minimum absolute atomic E-state index is 0.205. The molecule has 0 aliphatic heterocycles. The average molecular weight is 178 g/mol. The van der Waals surface area contributed by atoms with Gasteiger partial charge in [-0.3, -0.25) is 0 Å². The molecule has 1 aromatic rings. The molecule has 0 heterocycles. The molecule has 0 radical (unpaired) electrons. The van der Waals surface area contributed by atoms with Crippen molar-refractivity contribution >= 4 is 5.69 Å². The Balaban J connectivity index is 3.13. The normalized spacial score (nSPS) is 14.6. The molecule has 1 unspecified atom stereocenters. The summed E-state index contributed by atoms with van der Waals surface area (Å²) in [6, 6.07) is 8.56. The highest BCUT2D eigenvalue weighted by atomic mass is 16.8. The first-order valence-corrected chi connectivity index (χ1v) is 3.88. The van der Waals surface area contributed by atoms with Gasteiger partial charge in [0.25, 0.3) is 0 Å². The van der Waals surface area contributed by atoms with Crippen LogP contribution < -0.4 is 5.23 Å². The monoisotopic (exact) mass is 178 g/mol. The summed E-state index contributed by atoms with van der Waals surface area (Å²) in [5.41, 5.74) is 0.772. The fourth-order valence-corrected chi connectivity index (χ4v) is 1.14. The van der Waals surface area contributed by atoms with Crippen LogP contribution in [0.3, 0.4) is 0 Å². The number of quaternary nitrogens is 1. The van der Waals surface area contributed by atoms with E-state index < -0.39 is 5.23 Å². The van der Waals surface area contributed by atoms with E-state index >= 15 is 0 Å². The minimum atomic E-state index is -0.988. The number of nitrogens with zero attached hydrogens (tertiary/aromatic N) is 1. The molecule has 13 heavy (non-hydrogen) atoms. The lowest BCUT2D eigenvalue weighted by atomic mass is 10.0. The number of benzene rings is 1. The Hall–Kier alpha value is -1.41. The van der Waals surface area contributed by atoms with Crippen LogP contribution in [0.25, 0.3) is 0 Å². The Morgan fingerprint density at radius 2 is 2.15 bits per heavy atom. The quantitative estimate of drug-likeness (QED) is 0.655. The first-order valence-electron chi connectivity index (χ1n) is 3.88. The van der Waals surface area contributed by atoms with E-state index in [-0.39, 0.29) is 11.6 Å². The highest BCUT2D eigenvalue weighted by Gasteiger charge is 2.13. The molecule has 68 valence electrons. The number of para-hydroxylation sites is 1. The van der Waals surface area contributed by atoms with Crippen molar-refractivity contribution in [3.8, 4) is 6.07 Å². The van der Waals surface area contributed by atoms with Gasteiger partial charge in [0, 0.05) is 11.6 Å². The molecule has 1 aromatic carbocycles. The van der Waals surface area contributed by atoms with Crippen LogP contribution in [-0.2, 0) is 0 Å². The summed E-state index contributed by atoms with van der Waals surface area (Å²) in [6.45, 7) is 1.68. The highest BCUT2D eigenvalue weighted by molar-refractivity contribution is 5.43. The van der Waals surface area contributed by atoms with E-state index in [1.165, 1.54) is 6.07 Å². The maximum Gasteiger partial charge on any atom is 0.168 e. The molecular weight excluding hydrogens is 168 g/mol. The molecule has 0 amide bonds. The standard InChI is InChI=1S/C9H10N2O2/c1-7(6-10)8-4-2-3-5-9(8)11(12)13/h2-5,7,11-12H,1H3/t7-/m0/s1. The van der Waals surface area contributed by atoms with E-state index in [0.29, 0.717) is 5.56 Å². The Bertz CT molecular complexity index is 331. The lowest BCUT2D eigenvalue weighted by Gasteiger charge is -2.16. The van der Waals surface area contributed by atoms with Gasteiger partial charge in [0.1, 0.15) is 0 Å². The van der Waals surface area contributed by atoms with Gasteiger partial charge in [0.15, 0.2) is 5.69 Å². The van der Waals surface area contributed by atoms with Crippen molar-refractivity contribution in [2.45, 2.75) is 12.8 Å². The smallest absolute Gasteiger partial charge is 0.168 e. The van der Waals surface area contributed by atoms with Gasteiger partial charge in [0.05, 0.1) is 12.0 Å². The number of nitrogens with one attached hydrogen (secondary N) is 1. The number of hydrogen-bond donors (Lipinski definition) is 2. The van der Waals surface area contributed by atoms with Gasteiger partial charge in [-0.1, -0.05) is 18.2 Å². The lowest BCUT2D eigenvalue weighted by molar-refractivity contribution is -0.991. The summed E-state index contributed by atoms with van der Waals surface area (Å²) >= 11 is 0. The second kappa shape index (κ2) is 4.01. The maximum atomic E-state index is 10.7. The van der Waals surface area contributed by atoms with Crippen LogP contribution in [0.1, 0.15) is 18.4 Å². The summed E-state index contributed by atoms with van der Waals surface area (Å²) in [5, 5.41) is 27.2. The van der Waals surface area contributed by atoms with Crippen molar-refractivity contribution in [1.82, 2.24) is 0 Å². The van der Waals surface area contributed by atoms with Crippen molar-refractivity contribution in [2.75, 3.05) is 0 Å². The van der Waals surface area contributed by atoms with E-state index in [2.05, 4.69) is 0 Å². The van der Waals surface area contributed by atoms with Crippen molar-refractivity contribution in [1.29, 1.82) is 5.26 Å². The van der Waals surface area contributed by atoms with E-state index in [4.69, 9.17) is 10.5 Å². The van der Waals surface area contributed by atoms with E-state index in [0.717, 1.165) is 0 Å². The van der Waals surface area contributed by atoms with Crippen LogP contribution in [0.5, 0.6) is 0 Å². The van der Waals surface area contributed by atoms with Gasteiger partial charge >= 0.3 is 0 Å². The van der Waals surface area contributed by atoms with Crippen LogP contribution in [0.2, 0.25) is 0 Å². The predicted molar refractivity (Wildman–Crippen MR) is 46.2 cm³/mol. The van der Waals surface area contributed by atoms with Crippen LogP contribution >= 0.6 is 0 Å². The molecule has 0 fully saturated rings. The van der Waals surface area contributed by atoms with Gasteiger partial charge in [-0.25, -0.2) is 5.21 Å². The average Bonchev–Trinajstić information content (AvgIpc) is 2.16. The summed E-state index contributed by atoms with van der Waals surface area (Å²) in [7, 11) is 0. The molecule has 0 spiro atoms. The van der Waals surface area contributed by atoms with Gasteiger partial charge in [-0.2, -0.15) is 10.5 Å². The molecular formula is C9H10N2O2. The summed E-state index contributed by atoms with van der Waals surface area (Å²) in [5.74, 6) is -0.382. The third-order valence-corrected chi connectivity index (χ3v) is 1.85. The Labute approximate surface area is 76.2 Å².